The summed E-state index contributed by atoms with van der Waals surface area (Å²) >= 11 is 0. The van der Waals surface area contributed by atoms with Crippen LogP contribution in [-0.2, 0) is 6.54 Å². The molecule has 1 aliphatic heterocycles. The van der Waals surface area contributed by atoms with Crippen molar-refractivity contribution in [2.45, 2.75) is 12.6 Å². The molecule has 1 aromatic carbocycles. The van der Waals surface area contributed by atoms with Crippen LogP contribution < -0.4 is 5.73 Å². The topological polar surface area (TPSA) is 49.5 Å². The molecule has 1 fully saturated rings. The van der Waals surface area contributed by atoms with Crippen LogP contribution in [0.5, 0.6) is 0 Å². The van der Waals surface area contributed by atoms with Crippen molar-refractivity contribution >= 4 is 5.69 Å². The fraction of sp³-hybridized carbons (Fsp3) is 0.400. The van der Waals surface area contributed by atoms with Crippen molar-refractivity contribution in [3.63, 3.8) is 0 Å². The fourth-order valence-electron chi connectivity index (χ4n) is 1.60. The third-order valence-corrected chi connectivity index (χ3v) is 2.41. The number of hydrogen-bond acceptors (Lipinski definition) is 3. The second kappa shape index (κ2) is 3.55. The first kappa shape index (κ1) is 9.43. The zero-order valence-corrected chi connectivity index (χ0v) is 7.78. The summed E-state index contributed by atoms with van der Waals surface area (Å²) in [5.74, 6) is -0.372. The summed E-state index contributed by atoms with van der Waals surface area (Å²) in [6.45, 7) is 2.02. The maximum absolute atomic E-state index is 13.0. The van der Waals surface area contributed by atoms with Crippen LogP contribution in [0.3, 0.4) is 0 Å². The van der Waals surface area contributed by atoms with Gasteiger partial charge in [0.05, 0.1) is 11.8 Å². The summed E-state index contributed by atoms with van der Waals surface area (Å²) in [6.07, 6.45) is -0.214. The Morgan fingerprint density at radius 2 is 2.21 bits per heavy atom. The zero-order valence-electron chi connectivity index (χ0n) is 7.78. The first-order chi connectivity index (χ1) is 6.65. The Balaban J connectivity index is 2.00. The Morgan fingerprint density at radius 1 is 1.50 bits per heavy atom. The average molecular weight is 196 g/mol. The molecule has 0 atom stereocenters. The summed E-state index contributed by atoms with van der Waals surface area (Å²) in [5.41, 5.74) is 6.43. The lowest BCUT2D eigenvalue weighted by molar-refractivity contribution is -0.00289. The maximum Gasteiger partial charge on any atom is 0.146 e. The molecule has 0 bridgehead atoms. The molecule has 2 rings (SSSR count). The van der Waals surface area contributed by atoms with Crippen LogP contribution in [0, 0.1) is 5.82 Å². The number of halogens is 1. The number of nitrogens with zero attached hydrogens (tertiary/aromatic N) is 1. The summed E-state index contributed by atoms with van der Waals surface area (Å²) in [4.78, 5) is 2.05. The summed E-state index contributed by atoms with van der Waals surface area (Å²) in [7, 11) is 0. The van der Waals surface area contributed by atoms with Gasteiger partial charge in [0, 0.05) is 19.6 Å². The smallest absolute Gasteiger partial charge is 0.146 e. The van der Waals surface area contributed by atoms with Crippen LogP contribution in [0.25, 0.3) is 0 Å². The molecule has 3 N–H and O–H groups in total. The average Bonchev–Trinajstić information content (AvgIpc) is 2.09. The van der Waals surface area contributed by atoms with Crippen LogP contribution >= 0.6 is 0 Å². The maximum atomic E-state index is 13.0. The summed E-state index contributed by atoms with van der Waals surface area (Å²) in [6, 6.07) is 4.82. The van der Waals surface area contributed by atoms with Crippen molar-refractivity contribution in [3.8, 4) is 0 Å². The number of rotatable bonds is 2. The second-order valence-electron chi connectivity index (χ2n) is 3.70. The third kappa shape index (κ3) is 1.86. The number of nitrogens with two attached hydrogens (primary N) is 1. The Hall–Kier alpha value is -1.13. The number of aliphatic hydroxyl groups is 1. The predicted molar refractivity (Wildman–Crippen MR) is 52.1 cm³/mol. The number of nitrogen functional groups attached to an aromatic ring is 1. The Kier molecular flexibility index (Phi) is 2.39. The molecule has 3 nitrogen and oxygen atoms in total. The Labute approximate surface area is 81.9 Å². The zero-order chi connectivity index (χ0) is 10.1. The van der Waals surface area contributed by atoms with Gasteiger partial charge in [-0.25, -0.2) is 4.39 Å². The molecule has 14 heavy (non-hydrogen) atoms. The number of hydrogen-bond donors (Lipinski definition) is 2. The molecule has 0 spiro atoms. The van der Waals surface area contributed by atoms with Gasteiger partial charge in [-0.1, -0.05) is 6.07 Å². The molecule has 1 saturated heterocycles. The van der Waals surface area contributed by atoms with Gasteiger partial charge >= 0.3 is 0 Å². The van der Waals surface area contributed by atoms with E-state index in [1.807, 2.05) is 6.07 Å². The molecule has 0 unspecified atom stereocenters. The number of anilines is 1. The van der Waals surface area contributed by atoms with Crippen molar-refractivity contribution in [1.29, 1.82) is 0 Å². The van der Waals surface area contributed by atoms with E-state index in [0.717, 1.165) is 5.56 Å². The minimum absolute atomic E-state index is 0.178. The van der Waals surface area contributed by atoms with Crippen LogP contribution in [0.2, 0.25) is 0 Å². The molecule has 1 heterocycles. The molecule has 0 saturated carbocycles. The van der Waals surface area contributed by atoms with Gasteiger partial charge in [0.25, 0.3) is 0 Å². The minimum atomic E-state index is -0.372. The van der Waals surface area contributed by atoms with E-state index in [2.05, 4.69) is 4.90 Å². The molecule has 76 valence electrons. The number of benzene rings is 1. The summed E-state index contributed by atoms with van der Waals surface area (Å²) in [5, 5.41) is 9.06. The highest BCUT2D eigenvalue weighted by atomic mass is 19.1. The van der Waals surface area contributed by atoms with Gasteiger partial charge in [0.1, 0.15) is 5.82 Å². The fourth-order valence-corrected chi connectivity index (χ4v) is 1.60. The Bertz CT molecular complexity index is 337. The van der Waals surface area contributed by atoms with E-state index in [1.165, 1.54) is 6.07 Å². The number of β-amino-alcohol motifs (C(OH)–C–C–N with tert-alkyl or cyclic N) is 1. The van der Waals surface area contributed by atoms with E-state index >= 15 is 0 Å². The van der Waals surface area contributed by atoms with E-state index in [9.17, 15) is 4.39 Å². The van der Waals surface area contributed by atoms with E-state index in [-0.39, 0.29) is 17.6 Å². The lowest BCUT2D eigenvalue weighted by Gasteiger charge is -2.35. The normalized spacial score (nSPS) is 18.1. The molecule has 0 aromatic heterocycles. The first-order valence-electron chi connectivity index (χ1n) is 4.59. The van der Waals surface area contributed by atoms with Gasteiger partial charge in [0.15, 0.2) is 0 Å². The van der Waals surface area contributed by atoms with Crippen LogP contribution in [0.4, 0.5) is 10.1 Å². The van der Waals surface area contributed by atoms with Gasteiger partial charge in [-0.2, -0.15) is 0 Å². The van der Waals surface area contributed by atoms with Crippen molar-refractivity contribution in [2.24, 2.45) is 0 Å². The molecule has 0 amide bonds. The monoisotopic (exact) mass is 196 g/mol. The quantitative estimate of drug-likeness (QED) is 0.680. The largest absolute Gasteiger partial charge is 0.396 e. The molecule has 0 aliphatic carbocycles. The van der Waals surface area contributed by atoms with E-state index in [1.54, 1.807) is 6.07 Å². The first-order valence-corrected chi connectivity index (χ1v) is 4.59. The van der Waals surface area contributed by atoms with Crippen molar-refractivity contribution in [1.82, 2.24) is 4.90 Å². The van der Waals surface area contributed by atoms with Gasteiger partial charge in [-0.15, -0.1) is 0 Å². The summed E-state index contributed by atoms with van der Waals surface area (Å²) < 4.78 is 13.0. The van der Waals surface area contributed by atoms with Crippen LogP contribution in [0.1, 0.15) is 5.56 Å². The van der Waals surface area contributed by atoms with Gasteiger partial charge in [-0.05, 0) is 17.7 Å². The Morgan fingerprint density at radius 3 is 2.79 bits per heavy atom. The van der Waals surface area contributed by atoms with Gasteiger partial charge in [-0.3, -0.25) is 4.90 Å². The molecule has 1 aromatic rings. The number of aliphatic hydroxyl groups excluding tert-OH is 1. The van der Waals surface area contributed by atoms with Crippen molar-refractivity contribution in [2.75, 3.05) is 18.8 Å². The SMILES string of the molecule is Nc1ccc(CN2CC(O)C2)cc1F. The minimum Gasteiger partial charge on any atom is -0.396 e. The van der Waals surface area contributed by atoms with Crippen LogP contribution in [0.15, 0.2) is 18.2 Å². The number of likely N-dealkylation sites (tertiary alicyclic amines) is 1. The highest BCUT2D eigenvalue weighted by Crippen LogP contribution is 2.16. The molecular formula is C10H13FN2O. The molecule has 0 radical (unpaired) electrons. The lowest BCUT2D eigenvalue weighted by Crippen LogP contribution is -2.49. The molecule has 4 heteroatoms. The second-order valence-corrected chi connectivity index (χ2v) is 3.70. The van der Waals surface area contributed by atoms with E-state index < -0.39 is 0 Å². The van der Waals surface area contributed by atoms with E-state index in [4.69, 9.17) is 10.8 Å². The van der Waals surface area contributed by atoms with E-state index in [0.29, 0.717) is 19.6 Å². The van der Waals surface area contributed by atoms with Crippen LogP contribution in [-0.4, -0.2) is 29.2 Å². The molecule has 1 aliphatic rings. The van der Waals surface area contributed by atoms with Gasteiger partial charge in [0.2, 0.25) is 0 Å². The van der Waals surface area contributed by atoms with Crippen molar-refractivity contribution in [3.05, 3.63) is 29.6 Å². The highest BCUT2D eigenvalue weighted by molar-refractivity contribution is 5.41. The lowest BCUT2D eigenvalue weighted by atomic mass is 10.1. The van der Waals surface area contributed by atoms with Gasteiger partial charge < -0.3 is 10.8 Å². The molecular weight excluding hydrogens is 183 g/mol. The third-order valence-electron chi connectivity index (χ3n) is 2.41. The predicted octanol–water partition coefficient (Wildman–Crippen LogP) is 0.584. The van der Waals surface area contributed by atoms with Crippen molar-refractivity contribution < 1.29 is 9.50 Å². The highest BCUT2D eigenvalue weighted by Gasteiger charge is 2.23. The standard InChI is InChI=1S/C10H13FN2O/c11-9-3-7(1-2-10(9)12)4-13-5-8(14)6-13/h1-3,8,14H,4-6,12H2.